The van der Waals surface area contributed by atoms with Gasteiger partial charge in [-0.05, 0) is 54.8 Å². The Morgan fingerprint density at radius 3 is 2.13 bits per heavy atom. The van der Waals surface area contributed by atoms with E-state index in [9.17, 15) is 39.9 Å². The minimum atomic E-state index is -5.15. The molecule has 3 aromatic rings. The van der Waals surface area contributed by atoms with Gasteiger partial charge >= 0.3 is 18.4 Å². The van der Waals surface area contributed by atoms with Gasteiger partial charge in [0.05, 0.1) is 17.2 Å². The number of amides is 2. The number of carbonyl (C=O) groups excluding carboxylic acids is 1. The molecule has 0 aliphatic rings. The van der Waals surface area contributed by atoms with Gasteiger partial charge in [-0.3, -0.25) is 0 Å². The van der Waals surface area contributed by atoms with Crippen molar-refractivity contribution >= 4 is 6.03 Å². The van der Waals surface area contributed by atoms with Crippen LogP contribution >= 0.6 is 0 Å². The SMILES string of the molecule is CC(C)Oc1cc(F)cc([C@@](Cc2ccccc2)(NC(=O)NCC(F)(F)F)c2ccc(F)c(C(F)(F)F)c2)c1. The van der Waals surface area contributed by atoms with Crippen molar-refractivity contribution in [2.75, 3.05) is 6.54 Å². The fourth-order valence-corrected chi connectivity index (χ4v) is 4.04. The van der Waals surface area contributed by atoms with Crippen LogP contribution in [-0.4, -0.2) is 24.9 Å². The van der Waals surface area contributed by atoms with Gasteiger partial charge in [-0.1, -0.05) is 36.4 Å². The van der Waals surface area contributed by atoms with E-state index in [0.717, 1.165) is 18.2 Å². The van der Waals surface area contributed by atoms with Gasteiger partial charge < -0.3 is 15.4 Å². The third-order valence-corrected chi connectivity index (χ3v) is 5.59. The zero-order chi connectivity index (χ0) is 29.0. The normalized spacial score (nSPS) is 13.6. The molecular weight excluding hydrogens is 536 g/mol. The summed E-state index contributed by atoms with van der Waals surface area (Å²) in [6, 6.07) is 11.6. The Hall–Kier alpha value is -3.83. The molecule has 0 saturated carbocycles. The lowest BCUT2D eigenvalue weighted by atomic mass is 9.77. The van der Waals surface area contributed by atoms with Crippen LogP contribution < -0.4 is 15.4 Å². The smallest absolute Gasteiger partial charge is 0.419 e. The summed E-state index contributed by atoms with van der Waals surface area (Å²) in [7, 11) is 0. The van der Waals surface area contributed by atoms with E-state index >= 15 is 0 Å². The zero-order valence-electron chi connectivity index (χ0n) is 20.7. The Morgan fingerprint density at radius 1 is 0.872 bits per heavy atom. The Morgan fingerprint density at radius 2 is 1.54 bits per heavy atom. The first-order valence-electron chi connectivity index (χ1n) is 11.6. The Balaban J connectivity index is 2.32. The lowest BCUT2D eigenvalue weighted by Gasteiger charge is -2.37. The van der Waals surface area contributed by atoms with Crippen LogP contribution in [0, 0.1) is 11.6 Å². The zero-order valence-corrected chi connectivity index (χ0v) is 20.7. The number of nitrogens with one attached hydrogen (secondary N) is 2. The monoisotopic (exact) mass is 560 g/mol. The molecule has 0 unspecified atom stereocenters. The second-order valence-corrected chi connectivity index (χ2v) is 9.03. The van der Waals surface area contributed by atoms with Crippen LogP contribution in [0.1, 0.15) is 36.1 Å². The highest BCUT2D eigenvalue weighted by molar-refractivity contribution is 5.76. The summed E-state index contributed by atoms with van der Waals surface area (Å²) in [6.45, 7) is 1.53. The molecule has 0 radical (unpaired) electrons. The topological polar surface area (TPSA) is 50.4 Å². The van der Waals surface area contributed by atoms with Crippen molar-refractivity contribution in [1.29, 1.82) is 0 Å². The summed E-state index contributed by atoms with van der Waals surface area (Å²) in [5, 5.41) is 3.95. The quantitative estimate of drug-likeness (QED) is 0.289. The lowest BCUT2D eigenvalue weighted by Crippen LogP contribution is -2.53. The summed E-state index contributed by atoms with van der Waals surface area (Å²) in [5.74, 6) is -2.55. The van der Waals surface area contributed by atoms with E-state index in [4.69, 9.17) is 4.74 Å². The highest BCUT2D eigenvalue weighted by Crippen LogP contribution is 2.40. The molecule has 2 N–H and O–H groups in total. The molecule has 12 heteroatoms. The number of urea groups is 1. The van der Waals surface area contributed by atoms with Crippen LogP contribution in [0.5, 0.6) is 5.75 Å². The van der Waals surface area contributed by atoms with Crippen molar-refractivity contribution in [3.8, 4) is 5.75 Å². The maximum absolute atomic E-state index is 14.8. The predicted molar refractivity (Wildman–Crippen MR) is 127 cm³/mol. The summed E-state index contributed by atoms with van der Waals surface area (Å²) in [6.07, 6.45) is -10.7. The Labute approximate surface area is 219 Å². The molecule has 0 bridgehead atoms. The van der Waals surface area contributed by atoms with E-state index in [0.29, 0.717) is 17.7 Å². The van der Waals surface area contributed by atoms with E-state index < -0.39 is 53.8 Å². The molecule has 0 heterocycles. The maximum Gasteiger partial charge on any atom is 0.419 e. The molecule has 0 fully saturated rings. The molecule has 210 valence electrons. The Bertz CT molecular complexity index is 1290. The molecular formula is C27H24F8N2O2. The number of carbonyl (C=O) groups is 1. The van der Waals surface area contributed by atoms with Crippen LogP contribution in [0.3, 0.4) is 0 Å². The lowest BCUT2D eigenvalue weighted by molar-refractivity contribution is -0.140. The largest absolute Gasteiger partial charge is 0.491 e. The second-order valence-electron chi connectivity index (χ2n) is 9.03. The van der Waals surface area contributed by atoms with Gasteiger partial charge in [-0.2, -0.15) is 26.3 Å². The summed E-state index contributed by atoms with van der Waals surface area (Å²) in [5.41, 5.74) is -3.87. The van der Waals surface area contributed by atoms with Gasteiger partial charge in [0.2, 0.25) is 0 Å². The molecule has 39 heavy (non-hydrogen) atoms. The average Bonchev–Trinajstić information content (AvgIpc) is 2.81. The third-order valence-electron chi connectivity index (χ3n) is 5.59. The first-order valence-corrected chi connectivity index (χ1v) is 11.6. The van der Waals surface area contributed by atoms with Gasteiger partial charge in [0, 0.05) is 12.5 Å². The molecule has 3 aromatic carbocycles. The molecule has 0 aliphatic carbocycles. The molecule has 0 spiro atoms. The number of hydrogen-bond donors (Lipinski definition) is 2. The van der Waals surface area contributed by atoms with Crippen LogP contribution in [0.15, 0.2) is 66.7 Å². The van der Waals surface area contributed by atoms with E-state index in [1.807, 2.05) is 0 Å². The summed E-state index contributed by atoms with van der Waals surface area (Å²) >= 11 is 0. The second kappa shape index (κ2) is 11.5. The van der Waals surface area contributed by atoms with Crippen LogP contribution in [0.2, 0.25) is 0 Å². The van der Waals surface area contributed by atoms with Crippen molar-refractivity contribution < 1.29 is 44.7 Å². The van der Waals surface area contributed by atoms with Gasteiger partial charge in [0.15, 0.2) is 0 Å². The number of ether oxygens (including phenoxy) is 1. The molecule has 2 amide bonds. The molecule has 1 atom stereocenters. The van der Waals surface area contributed by atoms with Crippen molar-refractivity contribution in [2.45, 2.75) is 44.3 Å². The van der Waals surface area contributed by atoms with E-state index in [1.54, 1.807) is 49.5 Å². The van der Waals surface area contributed by atoms with Crippen molar-refractivity contribution in [1.82, 2.24) is 10.6 Å². The Kier molecular flexibility index (Phi) is 8.77. The number of rotatable bonds is 8. The molecule has 0 aliphatic heterocycles. The van der Waals surface area contributed by atoms with Gasteiger partial charge in [0.1, 0.15) is 23.9 Å². The van der Waals surface area contributed by atoms with Crippen molar-refractivity contribution in [2.24, 2.45) is 0 Å². The van der Waals surface area contributed by atoms with Crippen LogP contribution in [-0.2, 0) is 18.1 Å². The molecule has 3 rings (SSSR count). The first kappa shape index (κ1) is 29.7. The van der Waals surface area contributed by atoms with Crippen LogP contribution in [0.25, 0.3) is 0 Å². The van der Waals surface area contributed by atoms with Crippen LogP contribution in [0.4, 0.5) is 39.9 Å². The first-order chi connectivity index (χ1) is 18.1. The highest BCUT2D eigenvalue weighted by atomic mass is 19.4. The maximum atomic E-state index is 14.8. The van der Waals surface area contributed by atoms with E-state index in [1.165, 1.54) is 6.07 Å². The molecule has 0 aromatic heterocycles. The summed E-state index contributed by atoms with van der Waals surface area (Å²) < 4.78 is 114. The highest BCUT2D eigenvalue weighted by Gasteiger charge is 2.41. The minimum Gasteiger partial charge on any atom is -0.491 e. The van der Waals surface area contributed by atoms with E-state index in [2.05, 4.69) is 5.32 Å². The molecule has 4 nitrogen and oxygen atoms in total. The molecule has 0 saturated heterocycles. The van der Waals surface area contributed by atoms with Gasteiger partial charge in [-0.25, -0.2) is 13.6 Å². The number of halogens is 8. The standard InChI is InChI=1S/C27H24F8N2O2/c1-16(2)39-21-11-19(10-20(28)13-21)25(14-17-6-4-3-5-7-17,37-24(38)36-15-26(30,31)32)18-8-9-23(29)22(12-18)27(33,34)35/h3-13,16H,14-15H2,1-2H3,(H2,36,37,38)/t25-/m0/s1. The van der Waals surface area contributed by atoms with E-state index in [-0.39, 0.29) is 23.3 Å². The fourth-order valence-electron chi connectivity index (χ4n) is 4.04. The van der Waals surface area contributed by atoms with Gasteiger partial charge in [0.25, 0.3) is 0 Å². The van der Waals surface area contributed by atoms with Crippen molar-refractivity contribution in [3.63, 3.8) is 0 Å². The number of hydrogen-bond acceptors (Lipinski definition) is 2. The minimum absolute atomic E-state index is 0.0481. The number of alkyl halides is 6. The summed E-state index contributed by atoms with van der Waals surface area (Å²) in [4.78, 5) is 12.8. The predicted octanol–water partition coefficient (Wildman–Crippen LogP) is 7.12. The van der Waals surface area contributed by atoms with Gasteiger partial charge in [-0.15, -0.1) is 0 Å². The van der Waals surface area contributed by atoms with Crippen molar-refractivity contribution in [3.05, 3.63) is 101 Å². The fraction of sp³-hybridized carbons (Fsp3) is 0.296. The number of benzene rings is 3. The average molecular weight is 560 g/mol. The third kappa shape index (κ3) is 7.84.